The maximum atomic E-state index is 5.96. The second-order valence-electron chi connectivity index (χ2n) is 5.02. The van der Waals surface area contributed by atoms with Gasteiger partial charge in [0.05, 0.1) is 11.6 Å². The van der Waals surface area contributed by atoms with Crippen molar-refractivity contribution in [1.82, 2.24) is 0 Å². The topological polar surface area (TPSA) is 38.5 Å². The fourth-order valence-electron chi connectivity index (χ4n) is 2.08. The van der Waals surface area contributed by atoms with Crippen LogP contribution < -0.4 is 10.6 Å². The van der Waals surface area contributed by atoms with Crippen molar-refractivity contribution in [3.8, 4) is 0 Å². The lowest BCUT2D eigenvalue weighted by Crippen LogP contribution is -2.57. The zero-order chi connectivity index (χ0) is 13.8. The first-order valence-electron chi connectivity index (χ1n) is 6.55. The smallest absolute Gasteiger partial charge is 0.0784 e. The van der Waals surface area contributed by atoms with Crippen molar-refractivity contribution in [2.24, 2.45) is 5.73 Å². The van der Waals surface area contributed by atoms with Crippen molar-refractivity contribution >= 4 is 5.69 Å². The summed E-state index contributed by atoms with van der Waals surface area (Å²) in [7, 11) is 3.80. The Bertz CT molecular complexity index is 363. The molecular weight excluding hydrogens is 224 g/mol. The molecule has 0 heterocycles. The Labute approximate surface area is 111 Å². The number of aryl methyl sites for hydroxylation is 1. The summed E-state index contributed by atoms with van der Waals surface area (Å²) in [4.78, 5) is 2.21. The summed E-state index contributed by atoms with van der Waals surface area (Å²) >= 11 is 0. The molecule has 0 spiro atoms. The van der Waals surface area contributed by atoms with E-state index in [4.69, 9.17) is 10.5 Å². The molecule has 0 aliphatic rings. The summed E-state index contributed by atoms with van der Waals surface area (Å²) in [6.07, 6.45) is 1.13. The predicted octanol–water partition coefficient (Wildman–Crippen LogP) is 2.44. The van der Waals surface area contributed by atoms with Gasteiger partial charge in [0, 0.05) is 26.4 Å². The highest BCUT2D eigenvalue weighted by molar-refractivity contribution is 5.50. The molecule has 2 atom stereocenters. The van der Waals surface area contributed by atoms with E-state index in [1.807, 2.05) is 0 Å². The number of rotatable bonds is 6. The predicted molar refractivity (Wildman–Crippen MR) is 78.2 cm³/mol. The van der Waals surface area contributed by atoms with Gasteiger partial charge < -0.3 is 15.4 Å². The van der Waals surface area contributed by atoms with E-state index in [-0.39, 0.29) is 11.6 Å². The van der Waals surface area contributed by atoms with E-state index in [9.17, 15) is 0 Å². The van der Waals surface area contributed by atoms with Gasteiger partial charge in [-0.1, -0.05) is 19.1 Å². The molecule has 0 bridgehead atoms. The summed E-state index contributed by atoms with van der Waals surface area (Å²) in [6, 6.07) is 8.63. The fraction of sp³-hybridized carbons (Fsp3) is 0.600. The molecule has 102 valence electrons. The van der Waals surface area contributed by atoms with Crippen LogP contribution in [0.4, 0.5) is 5.69 Å². The van der Waals surface area contributed by atoms with E-state index in [2.05, 4.69) is 57.0 Å². The highest BCUT2D eigenvalue weighted by atomic mass is 16.5. The average Bonchev–Trinajstić information content (AvgIpc) is 2.44. The first-order valence-corrected chi connectivity index (χ1v) is 6.55. The summed E-state index contributed by atoms with van der Waals surface area (Å²) < 4.78 is 5.47. The molecule has 0 aliphatic heterocycles. The molecule has 0 radical (unpaired) electrons. The molecule has 0 aromatic heterocycles. The van der Waals surface area contributed by atoms with Gasteiger partial charge in [-0.2, -0.15) is 0 Å². The second-order valence-corrected chi connectivity index (χ2v) is 5.02. The molecule has 0 saturated heterocycles. The summed E-state index contributed by atoms with van der Waals surface area (Å²) in [5.41, 5.74) is 8.27. The van der Waals surface area contributed by atoms with Crippen LogP contribution >= 0.6 is 0 Å². The van der Waals surface area contributed by atoms with Crippen LogP contribution in [0.15, 0.2) is 24.3 Å². The number of likely N-dealkylation sites (N-methyl/N-ethyl adjacent to an activating group) is 1. The molecule has 0 amide bonds. The van der Waals surface area contributed by atoms with Crippen LogP contribution in [0.3, 0.4) is 0 Å². The van der Waals surface area contributed by atoms with Crippen LogP contribution in [0.5, 0.6) is 0 Å². The minimum Gasteiger partial charge on any atom is -0.379 e. The van der Waals surface area contributed by atoms with E-state index in [0.717, 1.165) is 6.42 Å². The van der Waals surface area contributed by atoms with Crippen LogP contribution in [0.1, 0.15) is 26.3 Å². The van der Waals surface area contributed by atoms with Gasteiger partial charge in [-0.25, -0.2) is 0 Å². The number of benzene rings is 1. The number of anilines is 1. The Morgan fingerprint density at radius 1 is 1.33 bits per heavy atom. The third-order valence-electron chi connectivity index (χ3n) is 4.14. The second kappa shape index (κ2) is 6.21. The fourth-order valence-corrected chi connectivity index (χ4v) is 2.08. The molecular formula is C15H26N2O. The summed E-state index contributed by atoms with van der Waals surface area (Å²) in [5.74, 6) is 0. The molecule has 18 heavy (non-hydrogen) atoms. The van der Waals surface area contributed by atoms with Gasteiger partial charge in [-0.3, -0.25) is 0 Å². The van der Waals surface area contributed by atoms with E-state index in [1.165, 1.54) is 11.3 Å². The van der Waals surface area contributed by atoms with Gasteiger partial charge in [-0.15, -0.1) is 0 Å². The number of nitrogens with two attached hydrogens (primary N) is 1. The van der Waals surface area contributed by atoms with Gasteiger partial charge in [0.1, 0.15) is 0 Å². The van der Waals surface area contributed by atoms with Crippen molar-refractivity contribution in [2.45, 2.75) is 38.8 Å². The van der Waals surface area contributed by atoms with Gasteiger partial charge in [0.2, 0.25) is 0 Å². The highest BCUT2D eigenvalue weighted by Crippen LogP contribution is 2.26. The SMILES string of the molecule is CCc1ccc(N(C)C(C)(CN)C(C)OC)cc1. The summed E-state index contributed by atoms with van der Waals surface area (Å²) in [5, 5.41) is 0. The van der Waals surface area contributed by atoms with Gasteiger partial charge in [-0.05, 0) is 38.0 Å². The largest absolute Gasteiger partial charge is 0.379 e. The minimum absolute atomic E-state index is 0.0679. The van der Waals surface area contributed by atoms with Gasteiger partial charge >= 0.3 is 0 Å². The molecule has 1 rings (SSSR count). The zero-order valence-corrected chi connectivity index (χ0v) is 12.2. The number of hydrogen-bond donors (Lipinski definition) is 1. The molecule has 0 aliphatic carbocycles. The maximum Gasteiger partial charge on any atom is 0.0784 e. The van der Waals surface area contributed by atoms with E-state index < -0.39 is 0 Å². The van der Waals surface area contributed by atoms with E-state index in [0.29, 0.717) is 6.54 Å². The quantitative estimate of drug-likeness (QED) is 0.843. The van der Waals surface area contributed by atoms with E-state index in [1.54, 1.807) is 7.11 Å². The Kier molecular flexibility index (Phi) is 5.17. The number of nitrogens with zero attached hydrogens (tertiary/aromatic N) is 1. The average molecular weight is 250 g/mol. The van der Waals surface area contributed by atoms with Crippen LogP contribution in [-0.4, -0.2) is 32.3 Å². The monoisotopic (exact) mass is 250 g/mol. The Hall–Kier alpha value is -1.06. The molecule has 0 fully saturated rings. The molecule has 2 N–H and O–H groups in total. The molecule has 3 heteroatoms. The van der Waals surface area contributed by atoms with Crippen LogP contribution in [0.25, 0.3) is 0 Å². The van der Waals surface area contributed by atoms with Crippen molar-refractivity contribution in [3.63, 3.8) is 0 Å². The third kappa shape index (κ3) is 2.85. The third-order valence-corrected chi connectivity index (χ3v) is 4.14. The minimum atomic E-state index is -0.206. The van der Waals surface area contributed by atoms with Crippen LogP contribution in [0, 0.1) is 0 Å². The molecule has 2 unspecified atom stereocenters. The van der Waals surface area contributed by atoms with Crippen LogP contribution in [-0.2, 0) is 11.2 Å². The number of ether oxygens (including phenoxy) is 1. The van der Waals surface area contributed by atoms with Crippen molar-refractivity contribution < 1.29 is 4.74 Å². The number of methoxy groups -OCH3 is 1. The number of hydrogen-bond acceptors (Lipinski definition) is 3. The Morgan fingerprint density at radius 3 is 2.28 bits per heavy atom. The lowest BCUT2D eigenvalue weighted by atomic mass is 9.93. The lowest BCUT2D eigenvalue weighted by Gasteiger charge is -2.43. The molecule has 0 saturated carbocycles. The van der Waals surface area contributed by atoms with Gasteiger partial charge in [0.15, 0.2) is 0 Å². The zero-order valence-electron chi connectivity index (χ0n) is 12.2. The van der Waals surface area contributed by atoms with Crippen molar-refractivity contribution in [3.05, 3.63) is 29.8 Å². The maximum absolute atomic E-state index is 5.96. The Balaban J connectivity index is 2.98. The molecule has 3 nitrogen and oxygen atoms in total. The summed E-state index contributed by atoms with van der Waals surface area (Å²) in [6.45, 7) is 6.91. The molecule has 1 aromatic carbocycles. The molecule has 1 aromatic rings. The standard InChI is InChI=1S/C15H26N2O/c1-6-13-7-9-14(10-8-13)17(4)15(3,11-16)12(2)18-5/h7-10,12H,6,11,16H2,1-5H3. The lowest BCUT2D eigenvalue weighted by molar-refractivity contribution is 0.0579. The Morgan fingerprint density at radius 2 is 1.89 bits per heavy atom. The first-order chi connectivity index (χ1) is 8.49. The van der Waals surface area contributed by atoms with Crippen molar-refractivity contribution in [2.75, 3.05) is 25.6 Å². The normalized spacial score (nSPS) is 16.1. The van der Waals surface area contributed by atoms with Crippen LogP contribution in [0.2, 0.25) is 0 Å². The van der Waals surface area contributed by atoms with Crippen molar-refractivity contribution in [1.29, 1.82) is 0 Å². The van der Waals surface area contributed by atoms with Gasteiger partial charge in [0.25, 0.3) is 0 Å². The first kappa shape index (κ1) is 15.0. The van der Waals surface area contributed by atoms with E-state index >= 15 is 0 Å². The highest BCUT2D eigenvalue weighted by Gasteiger charge is 2.34.